The van der Waals surface area contributed by atoms with Gasteiger partial charge in [0.15, 0.2) is 0 Å². The van der Waals surface area contributed by atoms with Gasteiger partial charge in [0.25, 0.3) is 0 Å². The number of nitrogens with zero attached hydrogens (tertiary/aromatic N) is 2. The molecule has 0 atom stereocenters. The first kappa shape index (κ1) is 10.3. The first-order chi connectivity index (χ1) is 7.16. The van der Waals surface area contributed by atoms with Crippen molar-refractivity contribution in [1.82, 2.24) is 4.90 Å². The maximum absolute atomic E-state index is 3.48. The number of nitrogens with one attached hydrogen (secondary N) is 1. The minimum absolute atomic E-state index is 1.03. The maximum atomic E-state index is 3.48. The molecule has 0 aromatic heterocycles. The number of benzene rings is 1. The van der Waals surface area contributed by atoms with Gasteiger partial charge in [-0.15, -0.1) is 0 Å². The smallest absolute Gasteiger partial charge is 0.0407 e. The molecule has 0 spiro atoms. The van der Waals surface area contributed by atoms with Crippen LogP contribution in [0.2, 0.25) is 0 Å². The minimum Gasteiger partial charge on any atom is -0.383 e. The molecule has 1 aliphatic heterocycles. The summed E-state index contributed by atoms with van der Waals surface area (Å²) in [6, 6.07) is 6.63. The lowest BCUT2D eigenvalue weighted by Gasteiger charge is -2.16. The third-order valence-corrected chi connectivity index (χ3v) is 2.86. The number of rotatable bonds is 1. The van der Waals surface area contributed by atoms with Crippen LogP contribution in [0.15, 0.2) is 18.2 Å². The summed E-state index contributed by atoms with van der Waals surface area (Å²) in [5.74, 6) is 0. The van der Waals surface area contributed by atoms with Gasteiger partial charge in [-0.05, 0) is 24.7 Å². The van der Waals surface area contributed by atoms with E-state index in [1.165, 1.54) is 16.9 Å². The summed E-state index contributed by atoms with van der Waals surface area (Å²) in [4.78, 5) is 4.48. The largest absolute Gasteiger partial charge is 0.383 e. The highest BCUT2D eigenvalue weighted by Crippen LogP contribution is 2.24. The molecule has 3 heteroatoms. The number of likely N-dealkylation sites (N-methyl/N-ethyl adjacent to an activating group) is 1. The van der Waals surface area contributed by atoms with Crippen LogP contribution in [0.4, 0.5) is 11.4 Å². The van der Waals surface area contributed by atoms with E-state index in [2.05, 4.69) is 54.5 Å². The zero-order chi connectivity index (χ0) is 10.8. The van der Waals surface area contributed by atoms with Gasteiger partial charge in [0, 0.05) is 45.1 Å². The van der Waals surface area contributed by atoms with E-state index in [1.807, 2.05) is 0 Å². The van der Waals surface area contributed by atoms with Crippen LogP contribution >= 0.6 is 0 Å². The van der Waals surface area contributed by atoms with E-state index in [0.717, 1.165) is 19.6 Å². The highest BCUT2D eigenvalue weighted by Gasteiger charge is 2.11. The van der Waals surface area contributed by atoms with Crippen molar-refractivity contribution in [1.29, 1.82) is 0 Å². The fourth-order valence-electron chi connectivity index (χ4n) is 1.90. The van der Waals surface area contributed by atoms with Gasteiger partial charge in [-0.1, -0.05) is 6.07 Å². The fourth-order valence-corrected chi connectivity index (χ4v) is 1.90. The topological polar surface area (TPSA) is 18.5 Å². The molecule has 1 heterocycles. The van der Waals surface area contributed by atoms with Crippen molar-refractivity contribution in [3.8, 4) is 0 Å². The van der Waals surface area contributed by atoms with Crippen LogP contribution < -0.4 is 10.2 Å². The molecule has 3 nitrogen and oxygen atoms in total. The molecule has 0 unspecified atom stereocenters. The molecular weight excluding hydrogens is 186 g/mol. The summed E-state index contributed by atoms with van der Waals surface area (Å²) in [5, 5.41) is 3.48. The Kier molecular flexibility index (Phi) is 2.82. The minimum atomic E-state index is 1.03. The average Bonchev–Trinajstić information content (AvgIpc) is 2.37. The Morgan fingerprint density at radius 3 is 2.87 bits per heavy atom. The van der Waals surface area contributed by atoms with Crippen molar-refractivity contribution in [3.05, 3.63) is 23.8 Å². The summed E-state index contributed by atoms with van der Waals surface area (Å²) < 4.78 is 0. The van der Waals surface area contributed by atoms with E-state index in [-0.39, 0.29) is 0 Å². The highest BCUT2D eigenvalue weighted by molar-refractivity contribution is 5.62. The highest BCUT2D eigenvalue weighted by atomic mass is 15.1. The van der Waals surface area contributed by atoms with Gasteiger partial charge in [-0.25, -0.2) is 0 Å². The summed E-state index contributed by atoms with van der Waals surface area (Å²) in [6.07, 6.45) is 0. The van der Waals surface area contributed by atoms with Crippen LogP contribution in [-0.2, 0) is 6.54 Å². The van der Waals surface area contributed by atoms with E-state index in [9.17, 15) is 0 Å². The van der Waals surface area contributed by atoms with Crippen LogP contribution in [0.5, 0.6) is 0 Å². The molecule has 82 valence electrons. The maximum Gasteiger partial charge on any atom is 0.0407 e. The predicted octanol–water partition coefficient (Wildman–Crippen LogP) is 1.61. The Balaban J connectivity index is 2.31. The zero-order valence-electron chi connectivity index (χ0n) is 9.75. The van der Waals surface area contributed by atoms with Gasteiger partial charge >= 0.3 is 0 Å². The molecular formula is C12H19N3. The van der Waals surface area contributed by atoms with E-state index in [1.54, 1.807) is 0 Å². The monoisotopic (exact) mass is 205 g/mol. The van der Waals surface area contributed by atoms with Gasteiger partial charge in [0.2, 0.25) is 0 Å². The lowest BCUT2D eigenvalue weighted by molar-refractivity contribution is 0.346. The van der Waals surface area contributed by atoms with Crippen molar-refractivity contribution in [2.45, 2.75) is 6.54 Å². The summed E-state index contributed by atoms with van der Waals surface area (Å²) in [6.45, 7) is 3.17. The van der Waals surface area contributed by atoms with E-state index in [0.29, 0.717) is 0 Å². The second-order valence-corrected chi connectivity index (χ2v) is 4.40. The molecule has 0 bridgehead atoms. The second-order valence-electron chi connectivity index (χ2n) is 4.40. The lowest BCUT2D eigenvalue weighted by atomic mass is 10.1. The summed E-state index contributed by atoms with van der Waals surface area (Å²) in [7, 11) is 6.31. The van der Waals surface area contributed by atoms with Gasteiger partial charge in [-0.2, -0.15) is 0 Å². The Morgan fingerprint density at radius 1 is 1.33 bits per heavy atom. The fraction of sp³-hybridized carbons (Fsp3) is 0.500. The SMILES string of the molecule is CN1CCNc2cc(N(C)C)ccc2C1. The third kappa shape index (κ3) is 2.23. The van der Waals surface area contributed by atoms with Crippen molar-refractivity contribution in [3.63, 3.8) is 0 Å². The molecule has 1 N–H and O–H groups in total. The Morgan fingerprint density at radius 2 is 2.13 bits per heavy atom. The van der Waals surface area contributed by atoms with Crippen molar-refractivity contribution >= 4 is 11.4 Å². The van der Waals surface area contributed by atoms with Crippen molar-refractivity contribution in [2.24, 2.45) is 0 Å². The average molecular weight is 205 g/mol. The molecule has 1 aromatic rings. The molecule has 0 saturated heterocycles. The number of hydrogen-bond donors (Lipinski definition) is 1. The third-order valence-electron chi connectivity index (χ3n) is 2.86. The molecule has 0 aliphatic carbocycles. The molecule has 0 radical (unpaired) electrons. The first-order valence-corrected chi connectivity index (χ1v) is 5.39. The lowest BCUT2D eigenvalue weighted by Crippen LogP contribution is -2.20. The summed E-state index contributed by atoms with van der Waals surface area (Å²) >= 11 is 0. The van der Waals surface area contributed by atoms with Crippen molar-refractivity contribution < 1.29 is 0 Å². The van der Waals surface area contributed by atoms with Crippen LogP contribution in [-0.4, -0.2) is 39.1 Å². The van der Waals surface area contributed by atoms with Gasteiger partial charge in [0.05, 0.1) is 0 Å². The number of fused-ring (bicyclic) bond motifs is 1. The van der Waals surface area contributed by atoms with Crippen LogP contribution in [0.1, 0.15) is 5.56 Å². The number of anilines is 2. The Bertz CT molecular complexity index is 347. The van der Waals surface area contributed by atoms with Gasteiger partial charge in [-0.3, -0.25) is 0 Å². The van der Waals surface area contributed by atoms with E-state index < -0.39 is 0 Å². The number of hydrogen-bond acceptors (Lipinski definition) is 3. The molecule has 0 saturated carbocycles. The second kappa shape index (κ2) is 4.11. The molecule has 0 amide bonds. The Labute approximate surface area is 91.7 Å². The normalized spacial score (nSPS) is 16.5. The quantitative estimate of drug-likeness (QED) is 0.751. The molecule has 0 fully saturated rings. The first-order valence-electron chi connectivity index (χ1n) is 5.39. The standard InChI is InChI=1S/C12H19N3/c1-14(2)11-5-4-10-9-15(3)7-6-13-12(10)8-11/h4-5,8,13H,6-7,9H2,1-3H3. The molecule has 1 aromatic carbocycles. The van der Waals surface area contributed by atoms with Gasteiger partial charge in [0.1, 0.15) is 0 Å². The van der Waals surface area contributed by atoms with Crippen molar-refractivity contribution in [2.75, 3.05) is 44.4 Å². The molecule has 15 heavy (non-hydrogen) atoms. The van der Waals surface area contributed by atoms with Gasteiger partial charge < -0.3 is 15.1 Å². The molecule has 2 rings (SSSR count). The summed E-state index contributed by atoms with van der Waals surface area (Å²) in [5.41, 5.74) is 3.93. The van der Waals surface area contributed by atoms with E-state index >= 15 is 0 Å². The predicted molar refractivity (Wildman–Crippen MR) is 65.6 cm³/mol. The van der Waals surface area contributed by atoms with Crippen LogP contribution in [0.25, 0.3) is 0 Å². The molecule has 1 aliphatic rings. The van der Waals surface area contributed by atoms with Crippen LogP contribution in [0, 0.1) is 0 Å². The Hall–Kier alpha value is -1.22. The van der Waals surface area contributed by atoms with Crippen LogP contribution in [0.3, 0.4) is 0 Å². The van der Waals surface area contributed by atoms with E-state index in [4.69, 9.17) is 0 Å². The zero-order valence-corrected chi connectivity index (χ0v) is 9.75.